The first-order valence-electron chi connectivity index (χ1n) is 14.0. The Hall–Kier alpha value is -3.43. The molecule has 0 saturated carbocycles. The van der Waals surface area contributed by atoms with E-state index in [4.69, 9.17) is 28.3 Å². The molecule has 10 nitrogen and oxygen atoms in total. The van der Waals surface area contributed by atoms with Gasteiger partial charge in [-0.25, -0.2) is 29.9 Å². The van der Waals surface area contributed by atoms with Gasteiger partial charge in [-0.05, 0) is 55.8 Å². The summed E-state index contributed by atoms with van der Waals surface area (Å²) < 4.78 is 14.7. The molecule has 3 N–H and O–H groups in total. The van der Waals surface area contributed by atoms with Gasteiger partial charge in [-0.3, -0.25) is 0 Å². The average Bonchev–Trinajstić information content (AvgIpc) is 3.85. The number of anilines is 1. The molecule has 6 aromatic rings. The molecule has 8 heterocycles. The van der Waals surface area contributed by atoms with E-state index < -0.39 is 5.95 Å². The Morgan fingerprint density at radius 1 is 0.778 bits per heavy atom. The molecule has 0 unspecified atom stereocenters. The van der Waals surface area contributed by atoms with E-state index in [0.717, 1.165) is 79.9 Å². The molecule has 2 aliphatic heterocycles. The number of thiazole rings is 2. The Labute approximate surface area is 275 Å². The highest BCUT2D eigenvalue weighted by molar-refractivity contribution is 7.22. The number of β-amino-alcohol motifs (C(OH)–C–C–N with tert-alkyl or cyclic N) is 2. The van der Waals surface area contributed by atoms with Crippen LogP contribution in [0.4, 0.5) is 10.2 Å². The highest BCUT2D eigenvalue weighted by Gasteiger charge is 2.21. The predicted octanol–water partition coefficient (Wildman–Crippen LogP) is 5.86. The summed E-state index contributed by atoms with van der Waals surface area (Å²) >= 11 is 14.8. The van der Waals surface area contributed by atoms with E-state index in [1.807, 2.05) is 24.4 Å². The lowest BCUT2D eigenvalue weighted by atomic mass is 10.3. The maximum absolute atomic E-state index is 12.7. The van der Waals surface area contributed by atoms with Crippen molar-refractivity contribution in [2.75, 3.05) is 31.1 Å². The quantitative estimate of drug-likeness (QED) is 0.195. The first-order valence-corrected chi connectivity index (χ1v) is 16.4. The van der Waals surface area contributed by atoms with Crippen molar-refractivity contribution in [2.24, 2.45) is 0 Å². The third-order valence-corrected chi connectivity index (χ3v) is 9.52. The summed E-state index contributed by atoms with van der Waals surface area (Å²) in [5, 5.41) is 23.9. The van der Waals surface area contributed by atoms with Crippen molar-refractivity contribution in [3.8, 4) is 21.1 Å². The van der Waals surface area contributed by atoms with Gasteiger partial charge in [-0.1, -0.05) is 23.2 Å². The molecule has 0 spiro atoms. The van der Waals surface area contributed by atoms with Crippen LogP contribution in [0.15, 0.2) is 61.2 Å². The molecule has 0 aromatic carbocycles. The van der Waals surface area contributed by atoms with Gasteiger partial charge >= 0.3 is 0 Å². The summed E-state index contributed by atoms with van der Waals surface area (Å²) in [6, 6.07) is 10.5. The first-order chi connectivity index (χ1) is 21.8. The minimum absolute atomic E-state index is 0.0648. The molecule has 2 saturated heterocycles. The number of nitrogens with one attached hydrogen (secondary N) is 1. The summed E-state index contributed by atoms with van der Waals surface area (Å²) in [6.07, 6.45) is 8.01. The molecule has 0 aliphatic carbocycles. The normalized spacial score (nSPS) is 17.7. The van der Waals surface area contributed by atoms with Crippen LogP contribution in [0, 0.1) is 5.95 Å². The highest BCUT2D eigenvalue weighted by atomic mass is 35.5. The van der Waals surface area contributed by atoms with Crippen LogP contribution in [0.3, 0.4) is 0 Å². The van der Waals surface area contributed by atoms with E-state index in [1.54, 1.807) is 35.9 Å². The van der Waals surface area contributed by atoms with Crippen LogP contribution in [-0.2, 0) is 0 Å². The molecule has 0 amide bonds. The molecule has 0 radical (unpaired) electrons. The number of aliphatic hydroxyl groups is 2. The number of fused-ring (bicyclic) bond motifs is 2. The van der Waals surface area contributed by atoms with Gasteiger partial charge in [0.25, 0.3) is 0 Å². The highest BCUT2D eigenvalue weighted by Crippen LogP contribution is 2.32. The van der Waals surface area contributed by atoms with Crippen LogP contribution in [0.5, 0.6) is 0 Å². The van der Waals surface area contributed by atoms with Crippen molar-refractivity contribution in [1.82, 2.24) is 35.2 Å². The number of aliphatic hydroxyl groups excluding tert-OH is 2. The fourth-order valence-corrected chi connectivity index (χ4v) is 7.03. The lowest BCUT2D eigenvalue weighted by Gasteiger charge is -2.16. The van der Waals surface area contributed by atoms with E-state index in [2.05, 4.69) is 40.1 Å². The Kier molecular flexibility index (Phi) is 10.0. The number of rotatable bonds is 3. The van der Waals surface area contributed by atoms with E-state index in [-0.39, 0.29) is 12.2 Å². The van der Waals surface area contributed by atoms with Crippen LogP contribution in [0.25, 0.3) is 41.6 Å². The molecule has 0 bridgehead atoms. The zero-order valence-electron chi connectivity index (χ0n) is 23.6. The van der Waals surface area contributed by atoms with E-state index in [1.165, 1.54) is 23.6 Å². The van der Waals surface area contributed by atoms with Crippen molar-refractivity contribution in [3.63, 3.8) is 0 Å². The molecular weight excluding hydrogens is 658 g/mol. The number of hydrogen-bond acceptors (Lipinski definition) is 12. The maximum atomic E-state index is 12.7. The van der Waals surface area contributed by atoms with Crippen molar-refractivity contribution in [1.29, 1.82) is 0 Å². The molecule has 45 heavy (non-hydrogen) atoms. The Morgan fingerprint density at radius 3 is 1.84 bits per heavy atom. The van der Waals surface area contributed by atoms with E-state index in [0.29, 0.717) is 16.9 Å². The Balaban J connectivity index is 0.000000137. The molecule has 2 atom stereocenters. The summed E-state index contributed by atoms with van der Waals surface area (Å²) in [6.45, 7) is 3.28. The second-order valence-electron chi connectivity index (χ2n) is 10.3. The Bertz CT molecular complexity index is 1890. The smallest absolute Gasteiger partial charge is 0.212 e. The van der Waals surface area contributed by atoms with Gasteiger partial charge in [-0.2, -0.15) is 4.39 Å². The number of pyridine rings is 4. The second-order valence-corrected chi connectivity index (χ2v) is 13.1. The van der Waals surface area contributed by atoms with Crippen LogP contribution in [-0.4, -0.2) is 78.5 Å². The van der Waals surface area contributed by atoms with Gasteiger partial charge in [0.1, 0.15) is 37.2 Å². The zero-order valence-corrected chi connectivity index (χ0v) is 26.8. The zero-order chi connectivity index (χ0) is 31.3. The fraction of sp³-hybridized carbons (Fsp3) is 0.267. The largest absolute Gasteiger partial charge is 0.392 e. The molecule has 232 valence electrons. The topological polar surface area (TPSA) is 133 Å². The summed E-state index contributed by atoms with van der Waals surface area (Å²) in [5.74, 6) is 0.394. The van der Waals surface area contributed by atoms with Gasteiger partial charge in [0.15, 0.2) is 0 Å². The molecule has 2 fully saturated rings. The minimum atomic E-state index is -0.500. The average molecular weight is 686 g/mol. The second kappa shape index (κ2) is 14.3. The van der Waals surface area contributed by atoms with Crippen molar-refractivity contribution in [2.45, 2.75) is 25.0 Å². The number of nitrogens with zero attached hydrogens (tertiary/aromatic N) is 7. The van der Waals surface area contributed by atoms with E-state index >= 15 is 0 Å². The summed E-state index contributed by atoms with van der Waals surface area (Å²) in [7, 11) is 0. The third kappa shape index (κ3) is 8.05. The van der Waals surface area contributed by atoms with E-state index in [9.17, 15) is 9.50 Å². The summed E-state index contributed by atoms with van der Waals surface area (Å²) in [5.41, 5.74) is 3.37. The lowest BCUT2D eigenvalue weighted by Crippen LogP contribution is -2.21. The maximum Gasteiger partial charge on any atom is 0.212 e. The van der Waals surface area contributed by atoms with Gasteiger partial charge in [0.05, 0.1) is 34.0 Å². The molecule has 15 heteroatoms. The molecule has 2 aliphatic rings. The van der Waals surface area contributed by atoms with Crippen molar-refractivity contribution >= 4 is 72.1 Å². The van der Waals surface area contributed by atoms with Gasteiger partial charge in [0.2, 0.25) is 5.95 Å². The van der Waals surface area contributed by atoms with Crippen LogP contribution in [0.1, 0.15) is 12.8 Å². The minimum Gasteiger partial charge on any atom is -0.392 e. The predicted molar refractivity (Wildman–Crippen MR) is 178 cm³/mol. The molecule has 6 aromatic heterocycles. The Morgan fingerprint density at radius 2 is 1.40 bits per heavy atom. The van der Waals surface area contributed by atoms with Crippen molar-refractivity contribution in [3.05, 3.63) is 77.4 Å². The SMILES string of the molecule is Fc1ccc(-c2nc3cnc(Cl)cc3s2)cn1.O[C@@H]1CCN(c2ccc(-c3nc4cnc(Cl)cc4s3)cn2)C1.O[C@@H]1CCNC1. The standard InChI is InChI=1S/C15H13ClN4OS.C11H5ClFN3S.C4H9NO/c16-13-5-12-11(7-17-13)19-15(22-12)9-1-2-14(18-6-9)20-4-3-10(21)8-20;12-9-3-8-7(5-14-9)16-11(17-8)6-1-2-10(13)15-4-6;6-4-1-2-5-3-4/h1-2,5-7,10,21H,3-4,8H2;1-5H;4-6H,1-3H2/t10-;;4-/m1.1/s1. The molecular formula is C30H27Cl2FN8O2S2. The van der Waals surface area contributed by atoms with Gasteiger partial charge in [0, 0.05) is 43.2 Å². The van der Waals surface area contributed by atoms with Crippen LogP contribution >= 0.6 is 45.9 Å². The van der Waals surface area contributed by atoms with Gasteiger partial charge in [-0.15, -0.1) is 22.7 Å². The summed E-state index contributed by atoms with van der Waals surface area (Å²) in [4.78, 5) is 27.2. The van der Waals surface area contributed by atoms with Crippen LogP contribution in [0.2, 0.25) is 10.3 Å². The van der Waals surface area contributed by atoms with Crippen LogP contribution < -0.4 is 10.2 Å². The monoisotopic (exact) mass is 684 g/mol. The fourth-order valence-electron chi connectivity index (χ4n) is 4.65. The first kappa shape index (κ1) is 31.5. The number of hydrogen-bond donors (Lipinski definition) is 3. The number of halogens is 3. The molecule has 8 rings (SSSR count). The van der Waals surface area contributed by atoms with Crippen molar-refractivity contribution < 1.29 is 14.6 Å². The lowest BCUT2D eigenvalue weighted by molar-refractivity contribution is 0.196. The van der Waals surface area contributed by atoms with Gasteiger partial charge < -0.3 is 20.4 Å². The number of aromatic nitrogens is 6. The third-order valence-electron chi connectivity index (χ3n) is 6.97.